The van der Waals surface area contributed by atoms with Crippen LogP contribution in [0.5, 0.6) is 0 Å². The summed E-state index contributed by atoms with van der Waals surface area (Å²) in [6.45, 7) is 1.75. The number of thioether (sulfide) groups is 1. The van der Waals surface area contributed by atoms with Gasteiger partial charge in [0.1, 0.15) is 5.82 Å². The third-order valence-corrected chi connectivity index (χ3v) is 2.84. The Kier molecular flexibility index (Phi) is 3.85. The van der Waals surface area contributed by atoms with Crippen LogP contribution < -0.4 is 16.6 Å². The van der Waals surface area contributed by atoms with E-state index in [1.165, 1.54) is 6.07 Å². The number of hydrogen-bond donors (Lipinski definition) is 3. The molecule has 2 aromatic heterocycles. The molecule has 0 saturated carbocycles. The van der Waals surface area contributed by atoms with Crippen LogP contribution in [0, 0.1) is 6.92 Å². The summed E-state index contributed by atoms with van der Waals surface area (Å²) in [4.78, 5) is 29.1. The van der Waals surface area contributed by atoms with Gasteiger partial charge in [0.05, 0.1) is 11.4 Å². The van der Waals surface area contributed by atoms with Crippen LogP contribution >= 0.6 is 11.8 Å². The van der Waals surface area contributed by atoms with Crippen LogP contribution in [0.2, 0.25) is 0 Å². The van der Waals surface area contributed by atoms with Crippen molar-refractivity contribution in [2.75, 3.05) is 16.8 Å². The van der Waals surface area contributed by atoms with Crippen molar-refractivity contribution < 1.29 is 9.32 Å². The molecule has 2 rings (SSSR count). The fraction of sp³-hybridized carbons (Fsp3) is 0.200. The molecule has 0 spiro atoms. The highest BCUT2D eigenvalue weighted by Crippen LogP contribution is 2.13. The fourth-order valence-corrected chi connectivity index (χ4v) is 1.93. The predicted octanol–water partition coefficient (Wildman–Crippen LogP) is 0.379. The van der Waals surface area contributed by atoms with E-state index in [0.29, 0.717) is 5.69 Å². The second kappa shape index (κ2) is 5.57. The van der Waals surface area contributed by atoms with E-state index >= 15 is 0 Å². The highest BCUT2D eigenvalue weighted by molar-refractivity contribution is 7.99. The molecule has 0 aliphatic carbocycles. The van der Waals surface area contributed by atoms with Crippen molar-refractivity contribution in [1.29, 1.82) is 0 Å². The number of aromatic nitrogens is 3. The summed E-state index contributed by atoms with van der Waals surface area (Å²) in [5.74, 6) is 0.146. The lowest BCUT2D eigenvalue weighted by Gasteiger charge is -2.01. The number of aryl methyl sites for hydroxylation is 1. The first-order chi connectivity index (χ1) is 9.02. The summed E-state index contributed by atoms with van der Waals surface area (Å²) in [5, 5.41) is 6.45. The van der Waals surface area contributed by atoms with Crippen molar-refractivity contribution in [2.45, 2.75) is 12.1 Å². The molecule has 0 aromatic carbocycles. The van der Waals surface area contributed by atoms with Crippen molar-refractivity contribution in [2.24, 2.45) is 0 Å². The SMILES string of the molecule is Cc1cc(NC(=O)CSc2nc(N)cc(=O)[nH]2)on1. The zero-order chi connectivity index (χ0) is 13.8. The standard InChI is InChI=1S/C10H11N5O3S/c1-5-2-9(18-15-5)13-8(17)4-19-10-12-6(11)3-7(16)14-10/h2-3H,4H2,1H3,(H,13,17)(H3,11,12,14,16). The van der Waals surface area contributed by atoms with Gasteiger partial charge in [-0.15, -0.1) is 0 Å². The van der Waals surface area contributed by atoms with E-state index in [9.17, 15) is 9.59 Å². The Labute approximate surface area is 111 Å². The van der Waals surface area contributed by atoms with Crippen molar-refractivity contribution in [1.82, 2.24) is 15.1 Å². The summed E-state index contributed by atoms with van der Waals surface area (Å²) >= 11 is 1.06. The molecule has 2 aromatic rings. The number of nitrogen functional groups attached to an aromatic ring is 1. The summed E-state index contributed by atoms with van der Waals surface area (Å²) in [7, 11) is 0. The number of aromatic amines is 1. The lowest BCUT2D eigenvalue weighted by atomic mass is 10.5. The van der Waals surface area contributed by atoms with Crippen LogP contribution in [0.25, 0.3) is 0 Å². The topological polar surface area (TPSA) is 127 Å². The van der Waals surface area contributed by atoms with E-state index in [2.05, 4.69) is 20.4 Å². The second-order valence-corrected chi connectivity index (χ2v) is 4.61. The molecule has 9 heteroatoms. The van der Waals surface area contributed by atoms with Crippen molar-refractivity contribution in [3.05, 3.63) is 28.2 Å². The molecule has 0 saturated heterocycles. The van der Waals surface area contributed by atoms with Gasteiger partial charge in [-0.05, 0) is 6.92 Å². The maximum Gasteiger partial charge on any atom is 0.253 e. The van der Waals surface area contributed by atoms with Crippen LogP contribution in [0.3, 0.4) is 0 Å². The molecule has 8 nitrogen and oxygen atoms in total. The smallest absolute Gasteiger partial charge is 0.253 e. The maximum absolute atomic E-state index is 11.6. The molecule has 0 atom stereocenters. The quantitative estimate of drug-likeness (QED) is 0.546. The number of hydrogen-bond acceptors (Lipinski definition) is 7. The Bertz CT molecular complexity index is 651. The molecule has 0 aliphatic rings. The minimum absolute atomic E-state index is 0.0616. The third-order valence-electron chi connectivity index (χ3n) is 1.97. The average Bonchev–Trinajstić information content (AvgIpc) is 2.71. The van der Waals surface area contributed by atoms with E-state index < -0.39 is 0 Å². The molecule has 19 heavy (non-hydrogen) atoms. The van der Waals surface area contributed by atoms with Crippen LogP contribution in [0.1, 0.15) is 5.69 Å². The first-order valence-corrected chi connectivity index (χ1v) is 6.24. The second-order valence-electron chi connectivity index (χ2n) is 3.64. The Morgan fingerprint density at radius 2 is 2.37 bits per heavy atom. The lowest BCUT2D eigenvalue weighted by molar-refractivity contribution is -0.113. The molecular formula is C10H11N5O3S. The highest BCUT2D eigenvalue weighted by Gasteiger charge is 2.08. The maximum atomic E-state index is 11.6. The van der Waals surface area contributed by atoms with Crippen molar-refractivity contribution in [3.63, 3.8) is 0 Å². The number of amides is 1. The normalized spacial score (nSPS) is 10.4. The Morgan fingerprint density at radius 1 is 1.58 bits per heavy atom. The van der Waals surface area contributed by atoms with Gasteiger partial charge in [-0.25, -0.2) is 4.98 Å². The lowest BCUT2D eigenvalue weighted by Crippen LogP contribution is -2.15. The zero-order valence-corrected chi connectivity index (χ0v) is 10.8. The van der Waals surface area contributed by atoms with Crippen LogP contribution in [0.15, 0.2) is 26.6 Å². The fourth-order valence-electron chi connectivity index (χ4n) is 1.25. The van der Waals surface area contributed by atoms with Crippen LogP contribution in [-0.2, 0) is 4.79 Å². The first-order valence-electron chi connectivity index (χ1n) is 5.26. The van der Waals surface area contributed by atoms with E-state index in [1.807, 2.05) is 0 Å². The van der Waals surface area contributed by atoms with Gasteiger partial charge in [0.15, 0.2) is 5.16 Å². The number of nitrogens with two attached hydrogens (primary N) is 1. The van der Waals surface area contributed by atoms with Gasteiger partial charge < -0.3 is 15.2 Å². The number of carbonyl (C=O) groups is 1. The van der Waals surface area contributed by atoms with Crippen molar-refractivity contribution >= 4 is 29.4 Å². The number of rotatable bonds is 4. The molecule has 0 aliphatic heterocycles. The van der Waals surface area contributed by atoms with Gasteiger partial charge >= 0.3 is 0 Å². The van der Waals surface area contributed by atoms with Crippen molar-refractivity contribution in [3.8, 4) is 0 Å². The minimum Gasteiger partial charge on any atom is -0.383 e. The molecule has 0 radical (unpaired) electrons. The van der Waals surface area contributed by atoms with Gasteiger partial charge in [-0.2, -0.15) is 0 Å². The van der Waals surface area contributed by atoms with E-state index in [-0.39, 0.29) is 34.1 Å². The van der Waals surface area contributed by atoms with Gasteiger partial charge in [-0.3, -0.25) is 14.9 Å². The Balaban J connectivity index is 1.91. The number of nitrogens with one attached hydrogen (secondary N) is 2. The zero-order valence-electron chi connectivity index (χ0n) is 9.97. The summed E-state index contributed by atoms with van der Waals surface area (Å²) in [6.07, 6.45) is 0. The van der Waals surface area contributed by atoms with Gasteiger partial charge in [0.25, 0.3) is 5.56 Å². The highest BCUT2D eigenvalue weighted by atomic mass is 32.2. The number of H-pyrrole nitrogens is 1. The molecule has 100 valence electrons. The largest absolute Gasteiger partial charge is 0.383 e. The van der Waals surface area contributed by atoms with Crippen LogP contribution in [0.4, 0.5) is 11.7 Å². The summed E-state index contributed by atoms with van der Waals surface area (Å²) in [5.41, 5.74) is 5.74. The van der Waals surface area contributed by atoms with E-state index in [1.54, 1.807) is 13.0 Å². The molecular weight excluding hydrogens is 270 g/mol. The monoisotopic (exact) mass is 281 g/mol. The Hall–Kier alpha value is -2.29. The molecule has 0 unspecified atom stereocenters. The van der Waals surface area contributed by atoms with Gasteiger partial charge in [-0.1, -0.05) is 16.9 Å². The minimum atomic E-state index is -0.360. The predicted molar refractivity (Wildman–Crippen MR) is 69.9 cm³/mol. The molecule has 4 N–H and O–H groups in total. The molecule has 2 heterocycles. The van der Waals surface area contributed by atoms with E-state index in [4.69, 9.17) is 10.3 Å². The van der Waals surface area contributed by atoms with Gasteiger partial charge in [0, 0.05) is 12.1 Å². The average molecular weight is 281 g/mol. The molecule has 0 bridgehead atoms. The summed E-state index contributed by atoms with van der Waals surface area (Å²) < 4.78 is 4.84. The Morgan fingerprint density at radius 3 is 3.00 bits per heavy atom. The number of nitrogens with zero attached hydrogens (tertiary/aromatic N) is 2. The first kappa shape index (κ1) is 13.1. The summed E-state index contributed by atoms with van der Waals surface area (Å²) in [6, 6.07) is 2.77. The number of anilines is 2. The third kappa shape index (κ3) is 3.85. The van der Waals surface area contributed by atoms with Crippen LogP contribution in [-0.4, -0.2) is 26.8 Å². The molecule has 0 fully saturated rings. The molecule has 1 amide bonds. The van der Waals surface area contributed by atoms with E-state index in [0.717, 1.165) is 11.8 Å². The number of carbonyl (C=O) groups excluding carboxylic acids is 1. The van der Waals surface area contributed by atoms with Gasteiger partial charge in [0.2, 0.25) is 11.8 Å².